The van der Waals surface area contributed by atoms with Crippen molar-refractivity contribution in [1.82, 2.24) is 5.32 Å². The predicted molar refractivity (Wildman–Crippen MR) is 56.8 cm³/mol. The average molecular weight is 189 g/mol. The number of hydrogen-bond acceptors (Lipinski definition) is 2. The van der Waals surface area contributed by atoms with Crippen LogP contribution in [-0.2, 0) is 0 Å². The molecule has 1 aromatic rings. The lowest BCUT2D eigenvalue weighted by Crippen LogP contribution is -1.96. The molecule has 0 bridgehead atoms. The Hall–Kier alpha value is -1.51. The smallest absolute Gasteiger partial charge is 0.147 e. The van der Waals surface area contributed by atoms with Crippen LogP contribution in [0, 0.1) is 0 Å². The van der Waals surface area contributed by atoms with Crippen LogP contribution in [0.2, 0.25) is 0 Å². The maximum Gasteiger partial charge on any atom is 0.147 e. The summed E-state index contributed by atoms with van der Waals surface area (Å²) in [6.45, 7) is 2.90. The summed E-state index contributed by atoms with van der Waals surface area (Å²) in [4.78, 5) is 4.16. The van der Waals surface area contributed by atoms with Crippen molar-refractivity contribution >= 4 is 17.7 Å². The number of rotatable bonds is 4. The van der Waals surface area contributed by atoms with Crippen molar-refractivity contribution in [2.24, 2.45) is 4.99 Å². The molecule has 0 fully saturated rings. The Morgan fingerprint density at radius 3 is 3.14 bits per heavy atom. The maximum absolute atomic E-state index is 5.62. The molecule has 3 nitrogen and oxygen atoms in total. The van der Waals surface area contributed by atoms with Crippen LogP contribution in [0.1, 0.15) is 19.8 Å². The van der Waals surface area contributed by atoms with Crippen molar-refractivity contribution in [3.8, 4) is 5.75 Å². The Morgan fingerprint density at radius 2 is 2.29 bits per heavy atom. The Morgan fingerprint density at radius 1 is 1.36 bits per heavy atom. The maximum atomic E-state index is 5.62. The molecule has 1 aliphatic heterocycles. The molecule has 1 aromatic carbocycles. The molecule has 0 N–H and O–H groups in total. The fourth-order valence-electron chi connectivity index (χ4n) is 1.34. The molecule has 1 aliphatic rings. The molecular formula is C11H13N2O. The Labute approximate surface area is 83.8 Å². The standard InChI is InChI=1S/C11H13N2O/c1-2-3-7-14-10-6-4-5-9-11(10)13-8-12-9/h4-6,8H,2-3,7H2,1H3. The number of nitrogens with zero attached hydrogens (tertiary/aromatic N) is 2. The molecule has 14 heavy (non-hydrogen) atoms. The minimum Gasteiger partial charge on any atom is -0.491 e. The first-order valence-corrected chi connectivity index (χ1v) is 4.91. The quantitative estimate of drug-likeness (QED) is 0.671. The van der Waals surface area contributed by atoms with Crippen molar-refractivity contribution in [2.75, 3.05) is 6.61 Å². The van der Waals surface area contributed by atoms with Crippen LogP contribution in [0.25, 0.3) is 0 Å². The van der Waals surface area contributed by atoms with Crippen LogP contribution in [0.5, 0.6) is 5.75 Å². The van der Waals surface area contributed by atoms with E-state index in [1.807, 2.05) is 18.2 Å². The predicted octanol–water partition coefficient (Wildman–Crippen LogP) is 2.77. The van der Waals surface area contributed by atoms with E-state index >= 15 is 0 Å². The van der Waals surface area contributed by atoms with Gasteiger partial charge in [0.2, 0.25) is 0 Å². The number of ether oxygens (including phenoxy) is 1. The second-order valence-corrected chi connectivity index (χ2v) is 3.20. The molecule has 0 unspecified atom stereocenters. The molecule has 0 saturated carbocycles. The van der Waals surface area contributed by atoms with Crippen LogP contribution in [0.4, 0.5) is 11.4 Å². The molecule has 3 heteroatoms. The zero-order valence-electron chi connectivity index (χ0n) is 8.23. The topological polar surface area (TPSA) is 35.7 Å². The highest BCUT2D eigenvalue weighted by Crippen LogP contribution is 2.37. The van der Waals surface area contributed by atoms with Gasteiger partial charge in [-0.25, -0.2) is 10.3 Å². The number of benzene rings is 1. The van der Waals surface area contributed by atoms with E-state index in [2.05, 4.69) is 17.2 Å². The first kappa shape index (κ1) is 9.06. The zero-order chi connectivity index (χ0) is 9.80. The Balaban J connectivity index is 2.10. The van der Waals surface area contributed by atoms with E-state index in [0.29, 0.717) is 0 Å². The fourth-order valence-corrected chi connectivity index (χ4v) is 1.34. The van der Waals surface area contributed by atoms with E-state index in [4.69, 9.17) is 4.74 Å². The number of aliphatic imine (C=N–C) groups is 1. The van der Waals surface area contributed by atoms with Gasteiger partial charge in [-0.1, -0.05) is 19.4 Å². The minimum atomic E-state index is 0.752. The molecule has 1 radical (unpaired) electrons. The van der Waals surface area contributed by atoms with Gasteiger partial charge in [0.25, 0.3) is 0 Å². The summed E-state index contributed by atoms with van der Waals surface area (Å²) in [5, 5.41) is 4.12. The molecule has 0 amide bonds. The average Bonchev–Trinajstić information content (AvgIpc) is 2.67. The largest absolute Gasteiger partial charge is 0.491 e. The lowest BCUT2D eigenvalue weighted by Gasteiger charge is -2.07. The van der Waals surface area contributed by atoms with E-state index in [0.717, 1.165) is 36.6 Å². The summed E-state index contributed by atoms with van der Waals surface area (Å²) in [7, 11) is 0. The number of unbranched alkanes of at least 4 members (excludes halogenated alkanes) is 1. The highest BCUT2D eigenvalue weighted by Gasteiger charge is 2.12. The van der Waals surface area contributed by atoms with E-state index in [1.54, 1.807) is 6.34 Å². The summed E-state index contributed by atoms with van der Waals surface area (Å²) >= 11 is 0. The molecule has 73 valence electrons. The third-order valence-electron chi connectivity index (χ3n) is 2.12. The van der Waals surface area contributed by atoms with Gasteiger partial charge in [-0.3, -0.25) is 0 Å². The molecule has 0 aromatic heterocycles. The van der Waals surface area contributed by atoms with Crippen molar-refractivity contribution in [3.05, 3.63) is 18.2 Å². The Kier molecular flexibility index (Phi) is 2.68. The molecule has 0 atom stereocenters. The first-order chi connectivity index (χ1) is 6.92. The van der Waals surface area contributed by atoms with E-state index in [9.17, 15) is 0 Å². The number of para-hydroxylation sites is 1. The molecule has 2 rings (SSSR count). The monoisotopic (exact) mass is 189 g/mol. The van der Waals surface area contributed by atoms with E-state index in [1.165, 1.54) is 0 Å². The lowest BCUT2D eigenvalue weighted by molar-refractivity contribution is 0.310. The number of fused-ring (bicyclic) bond motifs is 1. The summed E-state index contributed by atoms with van der Waals surface area (Å²) < 4.78 is 5.62. The van der Waals surface area contributed by atoms with Gasteiger partial charge in [0, 0.05) is 0 Å². The van der Waals surface area contributed by atoms with Gasteiger partial charge in [0.15, 0.2) is 0 Å². The summed E-state index contributed by atoms with van der Waals surface area (Å²) in [6, 6.07) is 5.82. The molecule has 0 saturated heterocycles. The summed E-state index contributed by atoms with van der Waals surface area (Å²) in [5.41, 5.74) is 1.77. The van der Waals surface area contributed by atoms with Crippen LogP contribution in [-0.4, -0.2) is 12.9 Å². The third kappa shape index (κ3) is 1.71. The molecular weight excluding hydrogens is 176 g/mol. The van der Waals surface area contributed by atoms with Crippen molar-refractivity contribution in [2.45, 2.75) is 19.8 Å². The fraction of sp³-hybridized carbons (Fsp3) is 0.364. The van der Waals surface area contributed by atoms with Gasteiger partial charge in [-0.15, -0.1) is 0 Å². The zero-order valence-corrected chi connectivity index (χ0v) is 8.23. The van der Waals surface area contributed by atoms with Gasteiger partial charge >= 0.3 is 0 Å². The lowest BCUT2D eigenvalue weighted by atomic mass is 10.2. The third-order valence-corrected chi connectivity index (χ3v) is 2.12. The van der Waals surface area contributed by atoms with E-state index < -0.39 is 0 Å². The highest BCUT2D eigenvalue weighted by atomic mass is 16.5. The van der Waals surface area contributed by atoms with Crippen LogP contribution >= 0.6 is 0 Å². The number of hydrogen-bond donors (Lipinski definition) is 0. The van der Waals surface area contributed by atoms with E-state index in [-0.39, 0.29) is 0 Å². The van der Waals surface area contributed by atoms with Gasteiger partial charge < -0.3 is 4.74 Å². The normalized spacial score (nSPS) is 12.4. The molecule has 0 aliphatic carbocycles. The van der Waals surface area contributed by atoms with Gasteiger partial charge in [0.1, 0.15) is 17.8 Å². The SMILES string of the molecule is CCCCOc1cccc2c1N=C[N]2. The van der Waals surface area contributed by atoms with Crippen LogP contribution < -0.4 is 10.1 Å². The van der Waals surface area contributed by atoms with Crippen LogP contribution in [0.3, 0.4) is 0 Å². The Bertz CT molecular complexity index is 347. The summed E-state index contributed by atoms with van der Waals surface area (Å²) in [5.74, 6) is 0.841. The summed E-state index contributed by atoms with van der Waals surface area (Å²) in [6.07, 6.45) is 3.78. The minimum absolute atomic E-state index is 0.752. The van der Waals surface area contributed by atoms with Crippen molar-refractivity contribution in [1.29, 1.82) is 0 Å². The van der Waals surface area contributed by atoms with Crippen molar-refractivity contribution < 1.29 is 4.74 Å². The van der Waals surface area contributed by atoms with Crippen LogP contribution in [0.15, 0.2) is 23.2 Å². The molecule has 0 spiro atoms. The van der Waals surface area contributed by atoms with Gasteiger partial charge in [0.05, 0.1) is 12.3 Å². The van der Waals surface area contributed by atoms with Gasteiger partial charge in [-0.2, -0.15) is 0 Å². The van der Waals surface area contributed by atoms with Gasteiger partial charge in [-0.05, 0) is 18.6 Å². The second-order valence-electron chi connectivity index (χ2n) is 3.20. The molecule has 1 heterocycles. The second kappa shape index (κ2) is 4.13. The van der Waals surface area contributed by atoms with Crippen molar-refractivity contribution in [3.63, 3.8) is 0 Å². The first-order valence-electron chi connectivity index (χ1n) is 4.91. The highest BCUT2D eigenvalue weighted by molar-refractivity contribution is 5.85.